The van der Waals surface area contributed by atoms with Crippen molar-refractivity contribution in [1.29, 1.82) is 0 Å². The molecule has 1 aliphatic heterocycles. The second-order valence-electron chi connectivity index (χ2n) is 5.73. The van der Waals surface area contributed by atoms with Crippen molar-refractivity contribution in [2.45, 2.75) is 24.0 Å². The Kier molecular flexibility index (Phi) is 3.77. The van der Waals surface area contributed by atoms with Gasteiger partial charge in [-0.05, 0) is 33.0 Å². The molecular formula is C15H20N2O3S. The molecule has 0 saturated carbocycles. The summed E-state index contributed by atoms with van der Waals surface area (Å²) in [5.41, 5.74) is 0.609. The quantitative estimate of drug-likeness (QED) is 0.872. The van der Waals surface area contributed by atoms with Crippen molar-refractivity contribution in [2.24, 2.45) is 0 Å². The van der Waals surface area contributed by atoms with Crippen molar-refractivity contribution in [3.63, 3.8) is 0 Å². The van der Waals surface area contributed by atoms with Gasteiger partial charge in [0.1, 0.15) is 5.58 Å². The maximum atomic E-state index is 12.7. The van der Waals surface area contributed by atoms with Gasteiger partial charge in [0, 0.05) is 30.6 Å². The van der Waals surface area contributed by atoms with Crippen LogP contribution in [0.2, 0.25) is 0 Å². The fraction of sp³-hybridized carbons (Fsp3) is 0.467. The molecule has 0 spiro atoms. The van der Waals surface area contributed by atoms with E-state index in [1.165, 1.54) is 0 Å². The second-order valence-corrected chi connectivity index (χ2v) is 7.59. The third-order valence-electron chi connectivity index (χ3n) is 4.09. The van der Waals surface area contributed by atoms with E-state index in [4.69, 9.17) is 4.42 Å². The lowest BCUT2D eigenvalue weighted by Gasteiger charge is -2.34. The number of benzene rings is 1. The monoisotopic (exact) mass is 308 g/mol. The minimum absolute atomic E-state index is 0.0445. The van der Waals surface area contributed by atoms with Crippen molar-refractivity contribution in [3.8, 4) is 0 Å². The Labute approximate surface area is 125 Å². The van der Waals surface area contributed by atoms with Gasteiger partial charge in [-0.2, -0.15) is 4.31 Å². The van der Waals surface area contributed by atoms with Crippen LogP contribution >= 0.6 is 0 Å². The summed E-state index contributed by atoms with van der Waals surface area (Å²) in [6.45, 7) is 1.08. The van der Waals surface area contributed by atoms with E-state index in [1.54, 1.807) is 16.4 Å². The number of furan rings is 1. The number of rotatable bonds is 3. The van der Waals surface area contributed by atoms with Gasteiger partial charge >= 0.3 is 0 Å². The van der Waals surface area contributed by atoms with E-state index >= 15 is 0 Å². The Hall–Kier alpha value is -1.37. The van der Waals surface area contributed by atoms with Gasteiger partial charge in [-0.15, -0.1) is 0 Å². The number of sulfonamides is 1. The van der Waals surface area contributed by atoms with Crippen LogP contribution in [-0.4, -0.2) is 50.8 Å². The van der Waals surface area contributed by atoms with Gasteiger partial charge < -0.3 is 9.32 Å². The summed E-state index contributed by atoms with van der Waals surface area (Å²) in [6.07, 6.45) is 1.90. The predicted molar refractivity (Wildman–Crippen MR) is 81.7 cm³/mol. The normalized spacial score (nSPS) is 21.2. The Balaban J connectivity index is 1.92. The van der Waals surface area contributed by atoms with E-state index in [1.807, 2.05) is 32.3 Å². The topological polar surface area (TPSA) is 53.8 Å². The number of hydrogen-bond donors (Lipinski definition) is 0. The lowest BCUT2D eigenvalue weighted by Crippen LogP contribution is -2.47. The minimum atomic E-state index is -3.55. The van der Waals surface area contributed by atoms with Crippen molar-refractivity contribution in [3.05, 3.63) is 30.3 Å². The third kappa shape index (κ3) is 2.71. The summed E-state index contributed by atoms with van der Waals surface area (Å²) in [5.74, 6) is 0. The van der Waals surface area contributed by atoms with E-state index in [0.29, 0.717) is 18.7 Å². The Morgan fingerprint density at radius 1 is 1.29 bits per heavy atom. The first-order valence-electron chi connectivity index (χ1n) is 7.13. The smallest absolute Gasteiger partial charge is 0.276 e. The lowest BCUT2D eigenvalue weighted by molar-refractivity contribution is 0.188. The van der Waals surface area contributed by atoms with Gasteiger partial charge in [-0.1, -0.05) is 18.2 Å². The van der Waals surface area contributed by atoms with Crippen LogP contribution in [0.3, 0.4) is 0 Å². The Morgan fingerprint density at radius 3 is 2.76 bits per heavy atom. The van der Waals surface area contributed by atoms with Crippen LogP contribution in [0.25, 0.3) is 11.0 Å². The van der Waals surface area contributed by atoms with E-state index < -0.39 is 10.0 Å². The molecule has 3 rings (SSSR count). The highest BCUT2D eigenvalue weighted by atomic mass is 32.2. The molecule has 0 aliphatic carbocycles. The number of piperidine rings is 1. The van der Waals surface area contributed by atoms with Gasteiger partial charge in [0.25, 0.3) is 10.0 Å². The average molecular weight is 308 g/mol. The van der Waals surface area contributed by atoms with Crippen molar-refractivity contribution in [2.75, 3.05) is 27.2 Å². The SMILES string of the molecule is CN(C)[C@@H]1CCCN(S(=O)(=O)c2cc3ccccc3o2)C1. The highest BCUT2D eigenvalue weighted by Crippen LogP contribution is 2.27. The predicted octanol–water partition coefficient (Wildman–Crippen LogP) is 2.15. The molecule has 1 aromatic carbocycles. The molecule has 1 saturated heterocycles. The zero-order valence-corrected chi connectivity index (χ0v) is 13.1. The molecule has 0 N–H and O–H groups in total. The molecule has 2 heterocycles. The molecule has 0 unspecified atom stereocenters. The van der Waals surface area contributed by atoms with E-state index in [-0.39, 0.29) is 11.1 Å². The Bertz CT molecular complexity index is 703. The van der Waals surface area contributed by atoms with Crippen LogP contribution < -0.4 is 0 Å². The fourth-order valence-corrected chi connectivity index (χ4v) is 4.24. The molecular weight excluding hydrogens is 288 g/mol. The molecule has 6 heteroatoms. The molecule has 2 aromatic rings. The summed E-state index contributed by atoms with van der Waals surface area (Å²) < 4.78 is 32.6. The standard InChI is InChI=1S/C15H20N2O3S/c1-16(2)13-7-5-9-17(11-13)21(18,19)15-10-12-6-3-4-8-14(12)20-15/h3-4,6,8,10,13H,5,7,9,11H2,1-2H3/t13-/m1/s1. The molecule has 1 aromatic heterocycles. The summed E-state index contributed by atoms with van der Waals surface area (Å²) in [5, 5.41) is 0.861. The summed E-state index contributed by atoms with van der Waals surface area (Å²) in [7, 11) is 0.426. The first kappa shape index (κ1) is 14.6. The van der Waals surface area contributed by atoms with Crippen LogP contribution in [0.1, 0.15) is 12.8 Å². The largest absolute Gasteiger partial charge is 0.443 e. The van der Waals surface area contributed by atoms with Crippen molar-refractivity contribution < 1.29 is 12.8 Å². The maximum absolute atomic E-state index is 12.7. The Morgan fingerprint density at radius 2 is 2.05 bits per heavy atom. The number of nitrogens with zero attached hydrogens (tertiary/aromatic N) is 2. The number of fused-ring (bicyclic) bond motifs is 1. The van der Waals surface area contributed by atoms with Crippen LogP contribution in [0.4, 0.5) is 0 Å². The van der Waals surface area contributed by atoms with Gasteiger partial charge in [-0.3, -0.25) is 0 Å². The molecule has 0 amide bonds. The van der Waals surface area contributed by atoms with Crippen molar-refractivity contribution >= 4 is 21.0 Å². The maximum Gasteiger partial charge on any atom is 0.276 e. The van der Waals surface area contributed by atoms with Crippen molar-refractivity contribution in [1.82, 2.24) is 9.21 Å². The average Bonchev–Trinajstić information content (AvgIpc) is 2.92. The van der Waals surface area contributed by atoms with E-state index in [0.717, 1.165) is 18.2 Å². The highest BCUT2D eigenvalue weighted by molar-refractivity contribution is 7.89. The second kappa shape index (κ2) is 5.44. The fourth-order valence-electron chi connectivity index (χ4n) is 2.77. The molecule has 0 radical (unpaired) electrons. The summed E-state index contributed by atoms with van der Waals surface area (Å²) in [6, 6.07) is 9.23. The number of para-hydroxylation sites is 1. The number of likely N-dealkylation sites (N-methyl/N-ethyl adjacent to an activating group) is 1. The number of hydrogen-bond acceptors (Lipinski definition) is 4. The van der Waals surface area contributed by atoms with Gasteiger partial charge in [0.05, 0.1) is 0 Å². The zero-order chi connectivity index (χ0) is 15.0. The molecule has 114 valence electrons. The first-order chi connectivity index (χ1) is 9.98. The zero-order valence-electron chi connectivity index (χ0n) is 12.3. The third-order valence-corrected chi connectivity index (χ3v) is 5.81. The minimum Gasteiger partial charge on any atom is -0.443 e. The molecule has 1 aliphatic rings. The lowest BCUT2D eigenvalue weighted by atomic mass is 10.1. The summed E-state index contributed by atoms with van der Waals surface area (Å²) in [4.78, 5) is 2.08. The van der Waals surface area contributed by atoms with E-state index in [9.17, 15) is 8.42 Å². The van der Waals surface area contributed by atoms with Gasteiger partial charge in [-0.25, -0.2) is 8.42 Å². The summed E-state index contributed by atoms with van der Waals surface area (Å²) >= 11 is 0. The molecule has 1 atom stereocenters. The molecule has 1 fully saturated rings. The molecule has 21 heavy (non-hydrogen) atoms. The van der Waals surface area contributed by atoms with Crippen LogP contribution in [0, 0.1) is 0 Å². The van der Waals surface area contributed by atoms with Crippen LogP contribution in [-0.2, 0) is 10.0 Å². The van der Waals surface area contributed by atoms with E-state index in [2.05, 4.69) is 4.90 Å². The van der Waals surface area contributed by atoms with Crippen LogP contribution in [0.15, 0.2) is 39.8 Å². The highest BCUT2D eigenvalue weighted by Gasteiger charge is 2.33. The molecule has 5 nitrogen and oxygen atoms in total. The van der Waals surface area contributed by atoms with Crippen LogP contribution in [0.5, 0.6) is 0 Å². The van der Waals surface area contributed by atoms with Gasteiger partial charge in [0.15, 0.2) is 0 Å². The molecule has 0 bridgehead atoms. The van der Waals surface area contributed by atoms with Gasteiger partial charge in [0.2, 0.25) is 5.09 Å². The first-order valence-corrected chi connectivity index (χ1v) is 8.57.